The molecule has 0 aliphatic carbocycles. The van der Waals surface area contributed by atoms with Gasteiger partial charge in [-0.25, -0.2) is 15.0 Å². The Kier molecular flexibility index (Phi) is 9.14. The van der Waals surface area contributed by atoms with Gasteiger partial charge in [-0.2, -0.15) is 0 Å². The number of hydrogen-bond acceptors (Lipinski definition) is 4. The molecule has 3 heterocycles. The summed E-state index contributed by atoms with van der Waals surface area (Å²) >= 11 is 0. The Morgan fingerprint density at radius 2 is 0.714 bits per heavy atom. The lowest BCUT2D eigenvalue weighted by molar-refractivity contribution is 0.669. The average molecular weight is 893 g/mol. The summed E-state index contributed by atoms with van der Waals surface area (Å²) in [5.41, 5.74) is 13.9. The van der Waals surface area contributed by atoms with Crippen LogP contribution < -0.4 is 0 Å². The molecule has 326 valence electrons. The van der Waals surface area contributed by atoms with Crippen molar-refractivity contribution < 1.29 is 4.42 Å². The second-order valence-electron chi connectivity index (χ2n) is 17.9. The maximum atomic E-state index is 6.58. The molecule has 0 spiro atoms. The SMILES string of the molecule is c1ccc(-c2ccccc2-c2nc(-c3ccccc3-c3ccccc3)nc(-c3ccc(-n4c5cc6ccccc6cc5c5cc6ccccc6cc54)cc3-c3cccc4oc5ccccc5c34)n2)cc1. The van der Waals surface area contributed by atoms with Crippen molar-refractivity contribution in [2.24, 2.45) is 0 Å². The third-order valence-corrected chi connectivity index (χ3v) is 13.8. The van der Waals surface area contributed by atoms with Gasteiger partial charge in [0.05, 0.1) is 11.0 Å². The molecule has 14 aromatic rings. The van der Waals surface area contributed by atoms with E-state index in [0.29, 0.717) is 17.5 Å². The summed E-state index contributed by atoms with van der Waals surface area (Å²) in [6.45, 7) is 0. The molecule has 0 unspecified atom stereocenters. The Balaban J connectivity index is 1.09. The van der Waals surface area contributed by atoms with Gasteiger partial charge in [0.25, 0.3) is 0 Å². The topological polar surface area (TPSA) is 56.7 Å². The summed E-state index contributed by atoms with van der Waals surface area (Å²) in [4.78, 5) is 16.4. The molecule has 70 heavy (non-hydrogen) atoms. The molecule has 0 saturated carbocycles. The molecule has 0 radical (unpaired) electrons. The van der Waals surface area contributed by atoms with E-state index in [1.54, 1.807) is 0 Å². The Hall–Kier alpha value is -9.45. The van der Waals surface area contributed by atoms with E-state index < -0.39 is 0 Å². The van der Waals surface area contributed by atoms with Gasteiger partial charge < -0.3 is 8.98 Å². The lowest BCUT2D eigenvalue weighted by Gasteiger charge is -2.17. The number of para-hydroxylation sites is 1. The van der Waals surface area contributed by atoms with E-state index in [2.05, 4.69) is 223 Å². The van der Waals surface area contributed by atoms with E-state index in [-0.39, 0.29) is 0 Å². The zero-order chi connectivity index (χ0) is 46.1. The molecule has 0 saturated heterocycles. The number of fused-ring (bicyclic) bond motifs is 8. The predicted octanol–water partition coefficient (Wildman–Crippen LogP) is 17.2. The van der Waals surface area contributed by atoms with Gasteiger partial charge in [0.15, 0.2) is 17.5 Å². The highest BCUT2D eigenvalue weighted by Gasteiger charge is 2.23. The maximum Gasteiger partial charge on any atom is 0.164 e. The van der Waals surface area contributed by atoms with Crippen LogP contribution in [0.4, 0.5) is 0 Å². The first-order valence-electron chi connectivity index (χ1n) is 23.7. The fourth-order valence-corrected chi connectivity index (χ4v) is 10.6. The van der Waals surface area contributed by atoms with Gasteiger partial charge in [0.1, 0.15) is 11.2 Å². The molecular weight excluding hydrogens is 853 g/mol. The minimum absolute atomic E-state index is 0.566. The lowest BCUT2D eigenvalue weighted by Crippen LogP contribution is -2.03. The number of nitrogens with zero attached hydrogens (tertiary/aromatic N) is 4. The van der Waals surface area contributed by atoms with Crippen molar-refractivity contribution in [2.45, 2.75) is 0 Å². The second-order valence-corrected chi connectivity index (χ2v) is 17.9. The van der Waals surface area contributed by atoms with Crippen LogP contribution in [0.2, 0.25) is 0 Å². The third kappa shape index (κ3) is 6.51. The summed E-state index contributed by atoms with van der Waals surface area (Å²) in [7, 11) is 0. The fraction of sp³-hybridized carbons (Fsp3) is 0. The highest BCUT2D eigenvalue weighted by Crippen LogP contribution is 2.44. The van der Waals surface area contributed by atoms with Crippen LogP contribution in [0.5, 0.6) is 0 Å². The number of hydrogen-bond donors (Lipinski definition) is 0. The first kappa shape index (κ1) is 39.7. The van der Waals surface area contributed by atoms with Crippen LogP contribution in [0.1, 0.15) is 0 Å². The number of aromatic nitrogens is 4. The van der Waals surface area contributed by atoms with Gasteiger partial charge in [-0.05, 0) is 110 Å². The number of furan rings is 1. The van der Waals surface area contributed by atoms with Crippen LogP contribution in [0.25, 0.3) is 139 Å². The summed E-state index contributed by atoms with van der Waals surface area (Å²) in [6, 6.07) is 85.8. The Morgan fingerprint density at radius 3 is 1.27 bits per heavy atom. The van der Waals surface area contributed by atoms with Crippen molar-refractivity contribution in [1.29, 1.82) is 0 Å². The third-order valence-electron chi connectivity index (χ3n) is 13.8. The maximum absolute atomic E-state index is 6.58. The van der Waals surface area contributed by atoms with Gasteiger partial charge in [0.2, 0.25) is 0 Å². The minimum Gasteiger partial charge on any atom is -0.456 e. The zero-order valence-corrected chi connectivity index (χ0v) is 37.8. The van der Waals surface area contributed by atoms with E-state index in [1.165, 1.54) is 32.3 Å². The second kappa shape index (κ2) is 16.1. The number of benzene rings is 11. The molecule has 0 N–H and O–H groups in total. The Morgan fingerprint density at radius 1 is 0.286 bits per heavy atom. The summed E-state index contributed by atoms with van der Waals surface area (Å²) < 4.78 is 9.01. The first-order chi connectivity index (χ1) is 34.7. The monoisotopic (exact) mass is 892 g/mol. The van der Waals surface area contributed by atoms with Crippen molar-refractivity contribution >= 4 is 65.3 Å². The van der Waals surface area contributed by atoms with Crippen molar-refractivity contribution in [3.63, 3.8) is 0 Å². The highest BCUT2D eigenvalue weighted by atomic mass is 16.3. The molecular formula is C65H40N4O. The van der Waals surface area contributed by atoms with E-state index >= 15 is 0 Å². The quantitative estimate of drug-likeness (QED) is 0.160. The summed E-state index contributed by atoms with van der Waals surface area (Å²) in [5.74, 6) is 1.74. The van der Waals surface area contributed by atoms with Gasteiger partial charge in [-0.1, -0.05) is 188 Å². The summed E-state index contributed by atoms with van der Waals surface area (Å²) in [5, 5.41) is 9.28. The molecule has 0 aliphatic heterocycles. The van der Waals surface area contributed by atoms with E-state index in [1.807, 2.05) is 24.3 Å². The van der Waals surface area contributed by atoms with Gasteiger partial charge in [-0.3, -0.25) is 0 Å². The van der Waals surface area contributed by atoms with Gasteiger partial charge in [0, 0.05) is 43.9 Å². The van der Waals surface area contributed by atoms with Crippen molar-refractivity contribution in [1.82, 2.24) is 19.5 Å². The van der Waals surface area contributed by atoms with Crippen molar-refractivity contribution in [3.05, 3.63) is 243 Å². The van der Waals surface area contributed by atoms with Crippen LogP contribution in [-0.2, 0) is 0 Å². The van der Waals surface area contributed by atoms with Crippen molar-refractivity contribution in [3.8, 4) is 73.2 Å². The average Bonchev–Trinajstić information content (AvgIpc) is 3.97. The first-order valence-corrected chi connectivity index (χ1v) is 23.7. The molecule has 0 bridgehead atoms. The standard InChI is InChI=1S/C65H40N4O/c1-3-18-41(19-4-1)48-26-11-13-28-51(48)63-66-64(52-29-14-12-27-49(52)42-20-5-2-6-21-42)68-65(67-63)53-35-34-47(40-55(53)50-31-17-33-61-62(50)54-30-15-16-32-60(54)70-61)69-58-38-45-24-9-7-22-43(45)36-56(58)57-37-44-23-8-10-25-46(44)39-59(57)69/h1-40H. The van der Waals surface area contributed by atoms with Crippen molar-refractivity contribution in [2.75, 3.05) is 0 Å². The molecule has 11 aromatic carbocycles. The predicted molar refractivity (Wildman–Crippen MR) is 289 cm³/mol. The van der Waals surface area contributed by atoms with Crippen LogP contribution in [0.15, 0.2) is 247 Å². The fourth-order valence-electron chi connectivity index (χ4n) is 10.6. The minimum atomic E-state index is 0.566. The smallest absolute Gasteiger partial charge is 0.164 e. The molecule has 5 nitrogen and oxygen atoms in total. The zero-order valence-electron chi connectivity index (χ0n) is 37.8. The van der Waals surface area contributed by atoms with Gasteiger partial charge >= 0.3 is 0 Å². The Labute approximate surface area is 403 Å². The van der Waals surface area contributed by atoms with Crippen LogP contribution in [0.3, 0.4) is 0 Å². The molecule has 0 fully saturated rings. The molecule has 0 amide bonds. The normalized spacial score (nSPS) is 11.7. The Bertz CT molecular complexity index is 4170. The molecule has 14 rings (SSSR count). The summed E-state index contributed by atoms with van der Waals surface area (Å²) in [6.07, 6.45) is 0. The van der Waals surface area contributed by atoms with Gasteiger partial charge in [-0.15, -0.1) is 0 Å². The molecule has 0 atom stereocenters. The van der Waals surface area contributed by atoms with Crippen LogP contribution in [0, 0.1) is 0 Å². The molecule has 3 aromatic heterocycles. The molecule has 0 aliphatic rings. The number of rotatable bonds is 7. The molecule has 5 heteroatoms. The highest BCUT2D eigenvalue weighted by molar-refractivity contribution is 6.17. The van der Waals surface area contributed by atoms with E-state index in [4.69, 9.17) is 19.4 Å². The lowest BCUT2D eigenvalue weighted by atomic mass is 9.94. The van der Waals surface area contributed by atoms with E-state index in [0.717, 1.165) is 88.7 Å². The van der Waals surface area contributed by atoms with E-state index in [9.17, 15) is 0 Å². The largest absolute Gasteiger partial charge is 0.456 e. The van der Waals surface area contributed by atoms with Crippen LogP contribution >= 0.6 is 0 Å². The van der Waals surface area contributed by atoms with Crippen LogP contribution in [-0.4, -0.2) is 19.5 Å².